The first-order valence-electron chi connectivity index (χ1n) is 4.25. The minimum absolute atomic E-state index is 0.386. The maximum Gasteiger partial charge on any atom is 0.0453 e. The van der Waals surface area contributed by atoms with Gasteiger partial charge >= 0.3 is 0 Å². The molecule has 0 fully saturated rings. The third-order valence-electron chi connectivity index (χ3n) is 2.06. The maximum absolute atomic E-state index is 6.02. The third kappa shape index (κ3) is 2.87. The molecule has 1 rings (SSSR count). The Labute approximate surface area is 89.0 Å². The van der Waals surface area contributed by atoms with Crippen LogP contribution in [-0.4, -0.2) is 13.1 Å². The molecule has 1 aromatic rings. The number of likely N-dealkylation sites (N-methyl/N-ethyl adjacent to an activating group) is 1. The van der Waals surface area contributed by atoms with Crippen molar-refractivity contribution in [1.29, 1.82) is 0 Å². The van der Waals surface area contributed by atoms with Crippen LogP contribution in [0.4, 0.5) is 0 Å². The fraction of sp³-hybridized carbons (Fsp3) is 0.400. The Kier molecular flexibility index (Phi) is 4.04. The molecule has 0 radical (unpaired) electrons. The quantitative estimate of drug-likeness (QED) is 0.821. The third-order valence-corrected chi connectivity index (χ3v) is 2.77. The van der Waals surface area contributed by atoms with Gasteiger partial charge in [-0.3, -0.25) is 0 Å². The summed E-state index contributed by atoms with van der Waals surface area (Å²) in [7, 11) is 1.93. The summed E-state index contributed by atoms with van der Waals surface area (Å²) in [5.41, 5.74) is 1.02. The molecular weight excluding hydrogens is 205 g/mol. The lowest BCUT2D eigenvalue weighted by Crippen LogP contribution is -2.23. The van der Waals surface area contributed by atoms with Crippen LogP contribution < -0.4 is 5.32 Å². The fourth-order valence-electron chi connectivity index (χ4n) is 1.14. The van der Waals surface area contributed by atoms with E-state index in [4.69, 9.17) is 23.2 Å². The van der Waals surface area contributed by atoms with Crippen LogP contribution in [0.3, 0.4) is 0 Å². The Balaban J connectivity index is 2.87. The molecule has 1 atom stereocenters. The summed E-state index contributed by atoms with van der Waals surface area (Å²) < 4.78 is 0. The number of hydrogen-bond donors (Lipinski definition) is 1. The molecule has 0 aliphatic heterocycles. The smallest absolute Gasteiger partial charge is 0.0453 e. The Morgan fingerprint density at radius 3 is 2.31 bits per heavy atom. The van der Waals surface area contributed by atoms with Crippen LogP contribution >= 0.6 is 23.2 Å². The number of rotatable bonds is 3. The van der Waals surface area contributed by atoms with Gasteiger partial charge in [-0.2, -0.15) is 0 Å². The van der Waals surface area contributed by atoms with Gasteiger partial charge in [0, 0.05) is 16.1 Å². The van der Waals surface area contributed by atoms with E-state index in [2.05, 4.69) is 12.2 Å². The molecule has 1 nitrogen and oxygen atoms in total. The molecule has 0 aliphatic rings. The Morgan fingerprint density at radius 1 is 1.31 bits per heavy atom. The van der Waals surface area contributed by atoms with Crippen LogP contribution in [0.25, 0.3) is 0 Å². The van der Waals surface area contributed by atoms with Gasteiger partial charge in [0.25, 0.3) is 0 Å². The highest BCUT2D eigenvalue weighted by molar-refractivity contribution is 6.35. The zero-order valence-electron chi connectivity index (χ0n) is 7.77. The van der Waals surface area contributed by atoms with Gasteiger partial charge in [-0.1, -0.05) is 29.3 Å². The molecule has 0 heterocycles. The molecule has 72 valence electrons. The normalized spacial score (nSPS) is 12.9. The Morgan fingerprint density at radius 2 is 1.85 bits per heavy atom. The van der Waals surface area contributed by atoms with Crippen molar-refractivity contribution in [2.24, 2.45) is 0 Å². The number of benzene rings is 1. The van der Waals surface area contributed by atoms with Crippen LogP contribution in [0.5, 0.6) is 0 Å². The molecule has 0 unspecified atom stereocenters. The minimum Gasteiger partial charge on any atom is -0.317 e. The second-order valence-electron chi connectivity index (χ2n) is 3.09. The molecule has 0 bridgehead atoms. The average Bonchev–Trinajstić information content (AvgIpc) is 2.11. The molecule has 0 aromatic heterocycles. The van der Waals surface area contributed by atoms with E-state index in [-0.39, 0.29) is 0 Å². The van der Waals surface area contributed by atoms with Crippen molar-refractivity contribution in [2.45, 2.75) is 19.4 Å². The SMILES string of the molecule is CN[C@@H](C)Cc1c(Cl)cccc1Cl. The lowest BCUT2D eigenvalue weighted by atomic mass is 10.1. The molecule has 0 saturated carbocycles. The summed E-state index contributed by atoms with van der Waals surface area (Å²) in [5, 5.41) is 4.64. The number of nitrogens with one attached hydrogen (secondary N) is 1. The second kappa shape index (κ2) is 4.85. The summed E-state index contributed by atoms with van der Waals surface area (Å²) in [6, 6.07) is 5.98. The van der Waals surface area contributed by atoms with Crippen molar-refractivity contribution >= 4 is 23.2 Å². The van der Waals surface area contributed by atoms with Crippen LogP contribution in [0.2, 0.25) is 10.0 Å². The van der Waals surface area contributed by atoms with Crippen molar-refractivity contribution in [3.05, 3.63) is 33.8 Å². The molecule has 0 aliphatic carbocycles. The molecule has 0 saturated heterocycles. The highest BCUT2D eigenvalue weighted by Gasteiger charge is 2.08. The van der Waals surface area contributed by atoms with Gasteiger partial charge in [0.15, 0.2) is 0 Å². The molecule has 0 amide bonds. The van der Waals surface area contributed by atoms with Gasteiger partial charge in [-0.05, 0) is 38.1 Å². The second-order valence-corrected chi connectivity index (χ2v) is 3.91. The lowest BCUT2D eigenvalue weighted by molar-refractivity contribution is 0.609. The van der Waals surface area contributed by atoms with Crippen LogP contribution in [0, 0.1) is 0 Å². The Bertz CT molecular complexity index is 266. The summed E-state index contributed by atoms with van der Waals surface area (Å²) in [6.45, 7) is 2.10. The first-order valence-corrected chi connectivity index (χ1v) is 5.01. The summed E-state index contributed by atoms with van der Waals surface area (Å²) >= 11 is 12.0. The van der Waals surface area contributed by atoms with E-state index in [0.29, 0.717) is 6.04 Å². The van der Waals surface area contributed by atoms with E-state index in [1.54, 1.807) is 0 Å². The van der Waals surface area contributed by atoms with Crippen LogP contribution in [0.15, 0.2) is 18.2 Å². The van der Waals surface area contributed by atoms with E-state index in [1.165, 1.54) is 0 Å². The molecule has 1 N–H and O–H groups in total. The monoisotopic (exact) mass is 217 g/mol. The zero-order valence-corrected chi connectivity index (χ0v) is 9.28. The predicted octanol–water partition coefficient (Wildman–Crippen LogP) is 3.14. The average molecular weight is 218 g/mol. The largest absolute Gasteiger partial charge is 0.317 e. The summed E-state index contributed by atoms with van der Waals surface area (Å²) in [4.78, 5) is 0. The molecule has 3 heteroatoms. The van der Waals surface area contributed by atoms with Crippen molar-refractivity contribution < 1.29 is 0 Å². The summed E-state index contributed by atoms with van der Waals surface area (Å²) in [5.74, 6) is 0. The van der Waals surface area contributed by atoms with Crippen molar-refractivity contribution in [3.63, 3.8) is 0 Å². The van der Waals surface area contributed by atoms with Gasteiger partial charge in [0.05, 0.1) is 0 Å². The van der Waals surface area contributed by atoms with E-state index in [0.717, 1.165) is 22.0 Å². The first-order chi connectivity index (χ1) is 6.15. The predicted molar refractivity (Wildman–Crippen MR) is 58.7 cm³/mol. The fourth-order valence-corrected chi connectivity index (χ4v) is 1.69. The van der Waals surface area contributed by atoms with Gasteiger partial charge in [0.1, 0.15) is 0 Å². The molecule has 1 aromatic carbocycles. The molecular formula is C10H13Cl2N. The molecule has 0 spiro atoms. The van der Waals surface area contributed by atoms with Gasteiger partial charge in [0.2, 0.25) is 0 Å². The van der Waals surface area contributed by atoms with Crippen molar-refractivity contribution in [3.8, 4) is 0 Å². The van der Waals surface area contributed by atoms with Crippen molar-refractivity contribution in [1.82, 2.24) is 5.32 Å². The van der Waals surface area contributed by atoms with E-state index in [9.17, 15) is 0 Å². The van der Waals surface area contributed by atoms with E-state index >= 15 is 0 Å². The number of halogens is 2. The number of hydrogen-bond acceptors (Lipinski definition) is 1. The maximum atomic E-state index is 6.02. The standard InChI is InChI=1S/C10H13Cl2N/c1-7(13-2)6-8-9(11)4-3-5-10(8)12/h3-5,7,13H,6H2,1-2H3/t7-/m0/s1. The van der Waals surface area contributed by atoms with Crippen LogP contribution in [-0.2, 0) is 6.42 Å². The highest BCUT2D eigenvalue weighted by atomic mass is 35.5. The van der Waals surface area contributed by atoms with Gasteiger partial charge in [-0.25, -0.2) is 0 Å². The highest BCUT2D eigenvalue weighted by Crippen LogP contribution is 2.25. The van der Waals surface area contributed by atoms with Gasteiger partial charge < -0.3 is 5.32 Å². The minimum atomic E-state index is 0.386. The first kappa shape index (κ1) is 10.8. The van der Waals surface area contributed by atoms with Crippen LogP contribution in [0.1, 0.15) is 12.5 Å². The topological polar surface area (TPSA) is 12.0 Å². The Hall–Kier alpha value is -0.240. The van der Waals surface area contributed by atoms with Gasteiger partial charge in [-0.15, -0.1) is 0 Å². The van der Waals surface area contributed by atoms with E-state index in [1.807, 2.05) is 25.2 Å². The zero-order chi connectivity index (χ0) is 9.84. The summed E-state index contributed by atoms with van der Waals surface area (Å²) in [6.07, 6.45) is 0.856. The lowest BCUT2D eigenvalue weighted by Gasteiger charge is -2.12. The molecule has 13 heavy (non-hydrogen) atoms. The van der Waals surface area contributed by atoms with E-state index < -0.39 is 0 Å². The van der Waals surface area contributed by atoms with Crippen molar-refractivity contribution in [2.75, 3.05) is 7.05 Å².